The fourth-order valence-corrected chi connectivity index (χ4v) is 5.86. The number of thioether (sulfide) groups is 1. The molecule has 2 aliphatic heterocycles. The summed E-state index contributed by atoms with van der Waals surface area (Å²) in [6.45, 7) is 10.5. The van der Waals surface area contributed by atoms with E-state index >= 15 is 0 Å². The highest BCUT2D eigenvalue weighted by Crippen LogP contribution is 2.32. The number of hydrogen-bond acceptors (Lipinski definition) is 4. The Morgan fingerprint density at radius 3 is 2.59 bits per heavy atom. The first-order valence-corrected chi connectivity index (χ1v) is 11.8. The average molecular weight is 511 g/mol. The van der Waals surface area contributed by atoms with Gasteiger partial charge in [-0.15, -0.1) is 24.0 Å². The largest absolute Gasteiger partial charge is 0.381 e. The first-order valence-electron chi connectivity index (χ1n) is 10.7. The Bertz CT molecular complexity index is 453. The second-order valence-electron chi connectivity index (χ2n) is 7.96. The minimum atomic E-state index is 0. The molecule has 3 rings (SSSR count). The molecule has 27 heavy (non-hydrogen) atoms. The predicted molar refractivity (Wildman–Crippen MR) is 128 cm³/mol. The van der Waals surface area contributed by atoms with Crippen molar-refractivity contribution in [3.63, 3.8) is 0 Å². The maximum absolute atomic E-state index is 5.67. The van der Waals surface area contributed by atoms with Gasteiger partial charge in [-0.05, 0) is 70.7 Å². The van der Waals surface area contributed by atoms with Gasteiger partial charge in [0.25, 0.3) is 0 Å². The number of likely N-dealkylation sites (tertiary alicyclic amines) is 1. The first-order chi connectivity index (χ1) is 12.8. The highest BCUT2D eigenvalue weighted by atomic mass is 127. The van der Waals surface area contributed by atoms with Crippen LogP contribution in [0.1, 0.15) is 58.8 Å². The zero-order chi connectivity index (χ0) is 18.2. The summed E-state index contributed by atoms with van der Waals surface area (Å²) in [7, 11) is 0. The molecule has 2 N–H and O–H groups in total. The van der Waals surface area contributed by atoms with Crippen LogP contribution in [0.15, 0.2) is 4.99 Å². The monoisotopic (exact) mass is 510 g/mol. The number of guanidine groups is 1. The number of nitrogens with one attached hydrogen (secondary N) is 2. The lowest BCUT2D eigenvalue weighted by atomic mass is 9.88. The van der Waals surface area contributed by atoms with Gasteiger partial charge in [0.05, 0.1) is 6.54 Å². The third-order valence-corrected chi connectivity index (χ3v) is 7.44. The Morgan fingerprint density at radius 2 is 1.93 bits per heavy atom. The van der Waals surface area contributed by atoms with Crippen LogP contribution in [0.5, 0.6) is 0 Å². The number of aliphatic imine (C=N–C) groups is 1. The van der Waals surface area contributed by atoms with Crippen LogP contribution >= 0.6 is 35.7 Å². The van der Waals surface area contributed by atoms with Gasteiger partial charge in [0.1, 0.15) is 0 Å². The van der Waals surface area contributed by atoms with Gasteiger partial charge in [0, 0.05) is 36.6 Å². The Hall–Kier alpha value is 0.270. The topological polar surface area (TPSA) is 48.9 Å². The summed E-state index contributed by atoms with van der Waals surface area (Å²) in [6, 6.07) is 0.578. The van der Waals surface area contributed by atoms with E-state index in [2.05, 4.69) is 41.1 Å². The van der Waals surface area contributed by atoms with Crippen molar-refractivity contribution in [3.8, 4) is 0 Å². The third-order valence-electron chi connectivity index (χ3n) is 6.20. The van der Waals surface area contributed by atoms with Crippen LogP contribution in [0, 0.1) is 0 Å². The quantitative estimate of drug-likeness (QED) is 0.312. The van der Waals surface area contributed by atoms with Crippen molar-refractivity contribution in [1.82, 2.24) is 15.5 Å². The molecule has 5 nitrogen and oxygen atoms in total. The molecule has 2 saturated heterocycles. The lowest BCUT2D eigenvalue weighted by Gasteiger charge is -2.43. The van der Waals surface area contributed by atoms with Crippen LogP contribution in [0.3, 0.4) is 0 Å². The van der Waals surface area contributed by atoms with Gasteiger partial charge < -0.3 is 15.4 Å². The SMILES string of the molecule is CCNC(=NCC1(N2CCCC2)CCOCC1)NC1CCC(SCC)C1.I. The smallest absolute Gasteiger partial charge is 0.191 e. The van der Waals surface area contributed by atoms with E-state index in [1.807, 2.05) is 0 Å². The van der Waals surface area contributed by atoms with Gasteiger partial charge in [-0.1, -0.05) is 6.92 Å². The van der Waals surface area contributed by atoms with Crippen molar-refractivity contribution in [2.75, 3.05) is 45.1 Å². The van der Waals surface area contributed by atoms with E-state index in [9.17, 15) is 0 Å². The molecule has 0 aromatic rings. The van der Waals surface area contributed by atoms with Crippen molar-refractivity contribution >= 4 is 41.7 Å². The number of hydrogen-bond donors (Lipinski definition) is 2. The van der Waals surface area contributed by atoms with Crippen LogP contribution in [0.25, 0.3) is 0 Å². The highest BCUT2D eigenvalue weighted by Gasteiger charge is 2.39. The third kappa shape index (κ3) is 6.64. The van der Waals surface area contributed by atoms with Crippen molar-refractivity contribution in [3.05, 3.63) is 0 Å². The maximum atomic E-state index is 5.67. The summed E-state index contributed by atoms with van der Waals surface area (Å²) in [5.41, 5.74) is 0.216. The zero-order valence-corrected chi connectivity index (χ0v) is 20.3. The molecule has 158 valence electrons. The normalized spacial score (nSPS) is 28.7. The molecule has 0 aromatic heterocycles. The van der Waals surface area contributed by atoms with Gasteiger partial charge >= 0.3 is 0 Å². The number of rotatable bonds is 7. The van der Waals surface area contributed by atoms with Gasteiger partial charge in [-0.25, -0.2) is 0 Å². The first kappa shape index (κ1) is 23.5. The van der Waals surface area contributed by atoms with Crippen molar-refractivity contribution < 1.29 is 4.74 Å². The Morgan fingerprint density at radius 1 is 1.19 bits per heavy atom. The maximum Gasteiger partial charge on any atom is 0.191 e. The van der Waals surface area contributed by atoms with E-state index < -0.39 is 0 Å². The molecule has 0 bridgehead atoms. The molecule has 1 saturated carbocycles. The fourth-order valence-electron chi connectivity index (χ4n) is 4.72. The zero-order valence-electron chi connectivity index (χ0n) is 17.2. The second-order valence-corrected chi connectivity index (χ2v) is 9.54. The number of nitrogens with zero attached hydrogens (tertiary/aromatic N) is 2. The fraction of sp³-hybridized carbons (Fsp3) is 0.950. The Kier molecular flexibility index (Phi) is 10.5. The summed E-state index contributed by atoms with van der Waals surface area (Å²) in [6.07, 6.45) is 8.79. The van der Waals surface area contributed by atoms with E-state index in [1.165, 1.54) is 50.9 Å². The molecule has 0 amide bonds. The lowest BCUT2D eigenvalue weighted by Crippen LogP contribution is -2.54. The molecule has 0 radical (unpaired) electrons. The van der Waals surface area contributed by atoms with Crippen LogP contribution in [0.4, 0.5) is 0 Å². The van der Waals surface area contributed by atoms with Crippen LogP contribution < -0.4 is 10.6 Å². The van der Waals surface area contributed by atoms with E-state index in [0.29, 0.717) is 6.04 Å². The van der Waals surface area contributed by atoms with Crippen LogP contribution in [-0.2, 0) is 4.74 Å². The van der Waals surface area contributed by atoms with E-state index in [1.54, 1.807) is 0 Å². The minimum Gasteiger partial charge on any atom is -0.381 e. The molecule has 2 heterocycles. The van der Waals surface area contributed by atoms with Gasteiger partial charge in [-0.2, -0.15) is 11.8 Å². The summed E-state index contributed by atoms with van der Waals surface area (Å²) in [4.78, 5) is 7.78. The van der Waals surface area contributed by atoms with Crippen LogP contribution in [-0.4, -0.2) is 72.8 Å². The molecule has 7 heteroatoms. The molecule has 0 aromatic carbocycles. The molecule has 2 atom stereocenters. The average Bonchev–Trinajstić information content (AvgIpc) is 3.34. The number of halogens is 1. The molecule has 1 aliphatic carbocycles. The summed E-state index contributed by atoms with van der Waals surface area (Å²) in [5.74, 6) is 2.25. The summed E-state index contributed by atoms with van der Waals surface area (Å²) < 4.78 is 5.67. The molecule has 2 unspecified atom stereocenters. The number of ether oxygens (including phenoxy) is 1. The summed E-state index contributed by atoms with van der Waals surface area (Å²) in [5, 5.41) is 8.04. The van der Waals surface area contributed by atoms with E-state index in [0.717, 1.165) is 50.4 Å². The standard InChI is InChI=1S/C20H38N4OS.HI/c1-3-21-19(23-17-7-8-18(15-17)26-4-2)22-16-20(9-13-25-14-10-20)24-11-5-6-12-24;/h17-18H,3-16H2,1-2H3,(H2,21,22,23);1H. The minimum absolute atomic E-state index is 0. The summed E-state index contributed by atoms with van der Waals surface area (Å²) >= 11 is 2.11. The van der Waals surface area contributed by atoms with Gasteiger partial charge in [0.2, 0.25) is 0 Å². The van der Waals surface area contributed by atoms with Gasteiger partial charge in [0.15, 0.2) is 5.96 Å². The van der Waals surface area contributed by atoms with Crippen molar-refractivity contribution in [2.24, 2.45) is 4.99 Å². The van der Waals surface area contributed by atoms with Gasteiger partial charge in [-0.3, -0.25) is 9.89 Å². The molecular formula is C20H39IN4OS. The highest BCUT2D eigenvalue weighted by molar-refractivity contribution is 14.0. The van der Waals surface area contributed by atoms with Crippen molar-refractivity contribution in [2.45, 2.75) is 75.6 Å². The second kappa shape index (κ2) is 12.1. The van der Waals surface area contributed by atoms with Crippen LogP contribution in [0.2, 0.25) is 0 Å². The Balaban J connectivity index is 0.00000261. The molecule has 3 aliphatic rings. The predicted octanol–water partition coefficient (Wildman–Crippen LogP) is 3.48. The van der Waals surface area contributed by atoms with E-state index in [4.69, 9.17) is 9.73 Å². The molecular weight excluding hydrogens is 471 g/mol. The molecule has 3 fully saturated rings. The molecule has 0 spiro atoms. The Labute approximate surface area is 187 Å². The lowest BCUT2D eigenvalue weighted by molar-refractivity contribution is -0.0139. The van der Waals surface area contributed by atoms with Crippen molar-refractivity contribution in [1.29, 1.82) is 0 Å². The van der Waals surface area contributed by atoms with E-state index in [-0.39, 0.29) is 29.5 Å².